The number of esters is 1. The second-order valence-electron chi connectivity index (χ2n) is 14.7. The molecular formula is C34H51NO3S. The first-order valence-corrected chi connectivity index (χ1v) is 14.5. The molecule has 0 saturated heterocycles. The van der Waals surface area contributed by atoms with Gasteiger partial charge in [0.2, 0.25) is 0 Å². The average molecular weight is 554 g/mol. The molecule has 0 amide bonds. The van der Waals surface area contributed by atoms with E-state index < -0.39 is 5.97 Å². The Bertz CT molecular complexity index is 1160. The molecule has 0 fully saturated rings. The van der Waals surface area contributed by atoms with Crippen molar-refractivity contribution >= 4 is 23.2 Å². The van der Waals surface area contributed by atoms with Gasteiger partial charge >= 0.3 is 5.97 Å². The van der Waals surface area contributed by atoms with E-state index >= 15 is 0 Å². The molecule has 0 aromatic heterocycles. The average Bonchev–Trinajstić information content (AvgIpc) is 2.76. The van der Waals surface area contributed by atoms with E-state index in [-0.39, 0.29) is 27.4 Å². The van der Waals surface area contributed by atoms with Crippen LogP contribution in [-0.2, 0) is 21.7 Å². The van der Waals surface area contributed by atoms with Crippen LogP contribution >= 0.6 is 12.2 Å². The topological polar surface area (TPSA) is 49.8 Å². The second kappa shape index (κ2) is 11.2. The smallest absolute Gasteiger partial charge is 0.343 e. The van der Waals surface area contributed by atoms with Gasteiger partial charge < -0.3 is 14.7 Å². The molecule has 0 unspecified atom stereocenters. The minimum Gasteiger partial charge on any atom is -0.507 e. The first-order valence-electron chi connectivity index (χ1n) is 14.1. The van der Waals surface area contributed by atoms with Crippen LogP contribution in [0.3, 0.4) is 0 Å². The lowest BCUT2D eigenvalue weighted by atomic mass is 9.78. The predicted octanol–water partition coefficient (Wildman–Crippen LogP) is 8.82. The zero-order valence-electron chi connectivity index (χ0n) is 26.8. The fourth-order valence-corrected chi connectivity index (χ4v) is 5.09. The Kier molecular flexibility index (Phi) is 9.45. The lowest BCUT2D eigenvalue weighted by molar-refractivity contribution is 0.0728. The molecule has 0 aliphatic rings. The third-order valence-corrected chi connectivity index (χ3v) is 7.65. The van der Waals surface area contributed by atoms with E-state index in [0.29, 0.717) is 11.3 Å². The number of phenols is 1. The number of thiocarbonyl (C=S) groups is 1. The van der Waals surface area contributed by atoms with Gasteiger partial charge in [0.1, 0.15) is 16.5 Å². The quantitative estimate of drug-likeness (QED) is 0.228. The van der Waals surface area contributed by atoms with Crippen molar-refractivity contribution in [3.05, 3.63) is 57.6 Å². The zero-order valence-corrected chi connectivity index (χ0v) is 27.7. The monoisotopic (exact) mass is 553 g/mol. The molecule has 0 atom stereocenters. The molecule has 216 valence electrons. The van der Waals surface area contributed by atoms with E-state index in [1.54, 1.807) is 12.1 Å². The molecule has 2 aromatic carbocycles. The highest BCUT2D eigenvalue weighted by Crippen LogP contribution is 2.43. The van der Waals surface area contributed by atoms with Crippen molar-refractivity contribution in [3.63, 3.8) is 0 Å². The fourth-order valence-electron chi connectivity index (χ4n) is 4.72. The number of carbonyl (C=O) groups is 1. The van der Waals surface area contributed by atoms with E-state index in [1.165, 1.54) is 0 Å². The molecule has 0 spiro atoms. The number of phenolic OH excluding ortho intramolecular Hbond substituents is 1. The SMILES string of the molecule is CCN(CC)C(=S)c1cc(C(C)(C)C)c(OC(=O)c2cc(C(C)(C)C)c(O)c(C(C)(C)C)c2)c(C(C)(C)C)c1. The number of benzene rings is 2. The van der Waals surface area contributed by atoms with Crippen molar-refractivity contribution in [1.82, 2.24) is 4.90 Å². The Hall–Kier alpha value is -2.40. The van der Waals surface area contributed by atoms with Gasteiger partial charge in [0.05, 0.1) is 5.56 Å². The molecule has 1 N–H and O–H groups in total. The van der Waals surface area contributed by atoms with Gasteiger partial charge in [-0.15, -0.1) is 0 Å². The molecule has 39 heavy (non-hydrogen) atoms. The summed E-state index contributed by atoms with van der Waals surface area (Å²) in [5.74, 6) is 0.404. The van der Waals surface area contributed by atoms with Crippen LogP contribution in [0.5, 0.6) is 11.5 Å². The van der Waals surface area contributed by atoms with E-state index in [1.807, 2.05) is 41.5 Å². The van der Waals surface area contributed by atoms with E-state index in [0.717, 1.165) is 45.9 Å². The van der Waals surface area contributed by atoms with E-state index in [2.05, 4.69) is 72.4 Å². The minimum atomic E-state index is -0.430. The molecule has 0 bridgehead atoms. The Morgan fingerprint density at radius 3 is 1.33 bits per heavy atom. The third kappa shape index (κ3) is 7.42. The normalized spacial score (nSPS) is 12.9. The maximum atomic E-state index is 13.9. The number of hydrogen-bond donors (Lipinski definition) is 1. The van der Waals surface area contributed by atoms with Gasteiger partial charge in [-0.25, -0.2) is 4.79 Å². The maximum absolute atomic E-state index is 13.9. The Balaban J connectivity index is 2.83. The Morgan fingerprint density at radius 2 is 1.03 bits per heavy atom. The van der Waals surface area contributed by atoms with Gasteiger partial charge in [-0.3, -0.25) is 0 Å². The Labute approximate surface area is 243 Å². The molecule has 0 aliphatic carbocycles. The number of carbonyl (C=O) groups excluding carboxylic acids is 1. The number of aromatic hydroxyl groups is 1. The summed E-state index contributed by atoms with van der Waals surface area (Å²) in [6.07, 6.45) is 0. The number of ether oxygens (including phenoxy) is 1. The minimum absolute atomic E-state index is 0.242. The zero-order chi connectivity index (χ0) is 30.3. The van der Waals surface area contributed by atoms with Crippen molar-refractivity contribution in [2.45, 2.75) is 119 Å². The van der Waals surface area contributed by atoms with Gasteiger partial charge in [-0.1, -0.05) is 95.3 Å². The summed E-state index contributed by atoms with van der Waals surface area (Å²) in [5.41, 5.74) is 3.45. The lowest BCUT2D eigenvalue weighted by Gasteiger charge is -2.32. The molecule has 0 heterocycles. The first-order chi connectivity index (χ1) is 17.5. The van der Waals surface area contributed by atoms with Crippen LogP contribution in [0, 0.1) is 0 Å². The van der Waals surface area contributed by atoms with E-state index in [4.69, 9.17) is 17.0 Å². The molecule has 0 saturated carbocycles. The molecule has 2 rings (SSSR count). The standard InChI is InChI=1S/C34H51NO3S/c1-15-35(16-2)29(39)21-17-25(33(9,10)11)28(26(18-21)34(12,13)14)38-30(37)22-19-23(31(3,4)5)27(36)24(20-22)32(6,7)8/h17-20,36H,15-16H2,1-14H3. The maximum Gasteiger partial charge on any atom is 0.343 e. The highest BCUT2D eigenvalue weighted by atomic mass is 32.1. The number of hydrogen-bond acceptors (Lipinski definition) is 4. The van der Waals surface area contributed by atoms with Crippen LogP contribution in [0.15, 0.2) is 24.3 Å². The molecule has 0 radical (unpaired) electrons. The fraction of sp³-hybridized carbons (Fsp3) is 0.588. The summed E-state index contributed by atoms with van der Waals surface area (Å²) < 4.78 is 6.36. The van der Waals surface area contributed by atoms with Crippen molar-refractivity contribution in [2.75, 3.05) is 13.1 Å². The molecule has 4 nitrogen and oxygen atoms in total. The van der Waals surface area contributed by atoms with Crippen molar-refractivity contribution in [3.8, 4) is 11.5 Å². The highest BCUT2D eigenvalue weighted by molar-refractivity contribution is 7.80. The van der Waals surface area contributed by atoms with Crippen LogP contribution in [0.2, 0.25) is 0 Å². The summed E-state index contributed by atoms with van der Waals surface area (Å²) in [6.45, 7) is 30.9. The third-order valence-electron chi connectivity index (χ3n) is 7.16. The van der Waals surface area contributed by atoms with Crippen LogP contribution in [-0.4, -0.2) is 34.1 Å². The summed E-state index contributed by atoms with van der Waals surface area (Å²) in [7, 11) is 0. The first kappa shape index (κ1) is 32.8. The number of nitrogens with zero attached hydrogens (tertiary/aromatic N) is 1. The van der Waals surface area contributed by atoms with E-state index in [9.17, 15) is 9.90 Å². The van der Waals surface area contributed by atoms with Crippen LogP contribution < -0.4 is 4.74 Å². The van der Waals surface area contributed by atoms with Crippen molar-refractivity contribution in [2.24, 2.45) is 0 Å². The van der Waals surface area contributed by atoms with Gasteiger partial charge in [-0.05, 0) is 59.8 Å². The highest BCUT2D eigenvalue weighted by Gasteiger charge is 2.32. The summed E-state index contributed by atoms with van der Waals surface area (Å²) in [6, 6.07) is 7.75. The summed E-state index contributed by atoms with van der Waals surface area (Å²) >= 11 is 5.92. The van der Waals surface area contributed by atoms with Crippen LogP contribution in [0.25, 0.3) is 0 Å². The van der Waals surface area contributed by atoms with Crippen LogP contribution in [0.4, 0.5) is 0 Å². The van der Waals surface area contributed by atoms with Gasteiger partial charge in [0.25, 0.3) is 0 Å². The largest absolute Gasteiger partial charge is 0.507 e. The summed E-state index contributed by atoms with van der Waals surface area (Å²) in [4.78, 5) is 16.9. The molecular weight excluding hydrogens is 502 g/mol. The van der Waals surface area contributed by atoms with Crippen molar-refractivity contribution in [1.29, 1.82) is 0 Å². The van der Waals surface area contributed by atoms with Gasteiger partial charge in [0.15, 0.2) is 0 Å². The molecule has 0 aliphatic heterocycles. The van der Waals surface area contributed by atoms with Crippen molar-refractivity contribution < 1.29 is 14.6 Å². The van der Waals surface area contributed by atoms with Crippen LogP contribution in [0.1, 0.15) is 135 Å². The predicted molar refractivity (Wildman–Crippen MR) is 169 cm³/mol. The lowest BCUT2D eigenvalue weighted by Crippen LogP contribution is -2.31. The Morgan fingerprint density at radius 1 is 0.692 bits per heavy atom. The van der Waals surface area contributed by atoms with Gasteiger partial charge in [-0.2, -0.15) is 0 Å². The van der Waals surface area contributed by atoms with Gasteiger partial charge in [0, 0.05) is 40.9 Å². The molecule has 5 heteroatoms. The second-order valence-corrected chi connectivity index (χ2v) is 15.1. The number of rotatable bonds is 5. The molecule has 2 aromatic rings. The summed E-state index contributed by atoms with van der Waals surface area (Å²) in [5, 5.41) is 11.2.